The number of carbonyl (C=O) groups is 1. The van der Waals surface area contributed by atoms with Crippen LogP contribution in [0.3, 0.4) is 0 Å². The molecule has 21 heavy (non-hydrogen) atoms. The van der Waals surface area contributed by atoms with Gasteiger partial charge in [-0.25, -0.2) is 13.2 Å². The molecule has 0 spiro atoms. The summed E-state index contributed by atoms with van der Waals surface area (Å²) in [5.74, 6) is -0.745. The molecule has 120 valence electrons. The molecule has 1 aliphatic heterocycles. The van der Waals surface area contributed by atoms with Crippen molar-refractivity contribution in [3.8, 4) is 0 Å². The molecular weight excluding hydrogens is 338 g/mol. The number of rotatable bonds is 4. The molecule has 0 bridgehead atoms. The van der Waals surface area contributed by atoms with Crippen LogP contribution in [0.4, 0.5) is 0 Å². The van der Waals surface area contributed by atoms with Gasteiger partial charge in [-0.15, -0.1) is 12.4 Å². The highest BCUT2D eigenvalue weighted by Gasteiger charge is 2.41. The topological polar surface area (TPSA) is 103 Å². The van der Waals surface area contributed by atoms with E-state index in [-0.39, 0.29) is 28.4 Å². The van der Waals surface area contributed by atoms with Crippen LogP contribution in [0.2, 0.25) is 0 Å². The molecule has 2 heterocycles. The fourth-order valence-corrected chi connectivity index (χ4v) is 4.81. The number of methoxy groups -OCH3 is 1. The summed E-state index contributed by atoms with van der Waals surface area (Å²) in [6, 6.07) is 0. The van der Waals surface area contributed by atoms with Gasteiger partial charge in [-0.1, -0.05) is 6.92 Å². The van der Waals surface area contributed by atoms with E-state index in [1.807, 2.05) is 6.92 Å². The molecule has 0 radical (unpaired) electrons. The zero-order valence-electron chi connectivity index (χ0n) is 11.7. The minimum absolute atomic E-state index is 0. The molecule has 1 saturated heterocycles. The van der Waals surface area contributed by atoms with Crippen molar-refractivity contribution in [2.24, 2.45) is 11.1 Å². The summed E-state index contributed by atoms with van der Waals surface area (Å²) in [4.78, 5) is 11.5. The zero-order chi connectivity index (χ0) is 15.0. The van der Waals surface area contributed by atoms with Gasteiger partial charge in [0.25, 0.3) is 0 Å². The standard InChI is InChI=1S/C11H17N3O4S2.ClH/c1-11(6-12)3-4-14(7-11)20(16,17)8-5-19-13-9(8)10(15)18-2;/h5H,3-4,6-7,12H2,1-2H3;1H. The quantitative estimate of drug-likeness (QED) is 0.798. The Morgan fingerprint density at radius 1 is 1.62 bits per heavy atom. The van der Waals surface area contributed by atoms with Crippen LogP contribution < -0.4 is 5.73 Å². The highest BCUT2D eigenvalue weighted by atomic mass is 35.5. The Morgan fingerprint density at radius 2 is 2.29 bits per heavy atom. The van der Waals surface area contributed by atoms with Crippen LogP contribution in [0.5, 0.6) is 0 Å². The monoisotopic (exact) mass is 355 g/mol. The highest BCUT2D eigenvalue weighted by molar-refractivity contribution is 7.89. The first kappa shape index (κ1) is 18.3. The van der Waals surface area contributed by atoms with Crippen molar-refractivity contribution in [2.75, 3.05) is 26.7 Å². The smallest absolute Gasteiger partial charge is 0.359 e. The van der Waals surface area contributed by atoms with Crippen molar-refractivity contribution in [3.05, 3.63) is 11.1 Å². The second kappa shape index (κ2) is 6.57. The first-order valence-electron chi connectivity index (χ1n) is 6.07. The number of carbonyl (C=O) groups excluding carboxylic acids is 1. The molecule has 1 aliphatic rings. The lowest BCUT2D eigenvalue weighted by molar-refractivity contribution is 0.0590. The summed E-state index contributed by atoms with van der Waals surface area (Å²) in [6.07, 6.45) is 0.702. The maximum absolute atomic E-state index is 12.6. The Labute approximate surface area is 134 Å². The molecule has 7 nitrogen and oxygen atoms in total. The van der Waals surface area contributed by atoms with Gasteiger partial charge < -0.3 is 10.5 Å². The Kier molecular flexibility index (Phi) is 5.73. The van der Waals surface area contributed by atoms with Crippen LogP contribution in [0.25, 0.3) is 0 Å². The van der Waals surface area contributed by atoms with Gasteiger partial charge >= 0.3 is 5.97 Å². The van der Waals surface area contributed by atoms with Crippen molar-refractivity contribution in [1.29, 1.82) is 0 Å². The number of halogens is 1. The number of aromatic nitrogens is 1. The van der Waals surface area contributed by atoms with Crippen LogP contribution in [-0.2, 0) is 14.8 Å². The largest absolute Gasteiger partial charge is 0.464 e. The number of nitrogens with zero attached hydrogens (tertiary/aromatic N) is 2. The second-order valence-corrected chi connectivity index (χ2v) is 7.66. The number of sulfonamides is 1. The molecule has 1 aromatic heterocycles. The van der Waals surface area contributed by atoms with Crippen LogP contribution in [-0.4, -0.2) is 49.8 Å². The second-order valence-electron chi connectivity index (χ2n) is 5.12. The normalized spacial score (nSPS) is 22.8. The molecule has 0 aromatic carbocycles. The van der Waals surface area contributed by atoms with E-state index >= 15 is 0 Å². The Morgan fingerprint density at radius 3 is 2.81 bits per heavy atom. The highest BCUT2D eigenvalue weighted by Crippen LogP contribution is 2.33. The SMILES string of the molecule is COC(=O)c1nscc1S(=O)(=O)N1CCC(C)(CN)C1.Cl. The summed E-state index contributed by atoms with van der Waals surface area (Å²) in [6.45, 7) is 3.12. The number of ether oxygens (including phenoxy) is 1. The number of nitrogens with two attached hydrogens (primary N) is 1. The molecule has 1 fully saturated rings. The van der Waals surface area contributed by atoms with Gasteiger partial charge in [0.1, 0.15) is 4.90 Å². The maximum atomic E-state index is 12.6. The zero-order valence-corrected chi connectivity index (χ0v) is 14.2. The molecule has 1 atom stereocenters. The number of hydrogen-bond donors (Lipinski definition) is 1. The number of esters is 1. The van der Waals surface area contributed by atoms with Gasteiger partial charge in [0, 0.05) is 18.5 Å². The number of hydrogen-bond acceptors (Lipinski definition) is 7. The van der Waals surface area contributed by atoms with E-state index < -0.39 is 16.0 Å². The minimum atomic E-state index is -3.74. The van der Waals surface area contributed by atoms with Crippen molar-refractivity contribution < 1.29 is 17.9 Å². The molecule has 2 N–H and O–H groups in total. The fourth-order valence-electron chi connectivity index (χ4n) is 2.13. The lowest BCUT2D eigenvalue weighted by Crippen LogP contribution is -2.35. The average Bonchev–Trinajstić information content (AvgIpc) is 3.05. The van der Waals surface area contributed by atoms with Crippen molar-refractivity contribution >= 4 is 39.9 Å². The molecule has 0 aliphatic carbocycles. The first-order valence-corrected chi connectivity index (χ1v) is 8.35. The van der Waals surface area contributed by atoms with Crippen molar-refractivity contribution in [2.45, 2.75) is 18.2 Å². The van der Waals surface area contributed by atoms with Crippen LogP contribution in [0.1, 0.15) is 23.8 Å². The minimum Gasteiger partial charge on any atom is -0.464 e. The lowest BCUT2D eigenvalue weighted by atomic mass is 9.90. The summed E-state index contributed by atoms with van der Waals surface area (Å²) in [7, 11) is -2.54. The van der Waals surface area contributed by atoms with Gasteiger partial charge in [0.2, 0.25) is 10.0 Å². The molecule has 2 rings (SSSR count). The van der Waals surface area contributed by atoms with E-state index in [4.69, 9.17) is 5.73 Å². The summed E-state index contributed by atoms with van der Waals surface area (Å²) < 4.78 is 34.9. The predicted molar refractivity (Wildman–Crippen MR) is 81.2 cm³/mol. The third-order valence-corrected chi connectivity index (χ3v) is 6.19. The molecule has 1 unspecified atom stereocenters. The third-order valence-electron chi connectivity index (χ3n) is 3.55. The fraction of sp³-hybridized carbons (Fsp3) is 0.636. The molecule has 10 heteroatoms. The summed E-state index contributed by atoms with van der Waals surface area (Å²) >= 11 is 0.920. The molecular formula is C11H18ClN3O4S2. The Bertz CT molecular complexity index is 619. The molecule has 0 amide bonds. The summed E-state index contributed by atoms with van der Waals surface area (Å²) in [5, 5.41) is 1.36. The Hall–Kier alpha value is -0.740. The maximum Gasteiger partial charge on any atom is 0.359 e. The van der Waals surface area contributed by atoms with Crippen LogP contribution >= 0.6 is 23.9 Å². The van der Waals surface area contributed by atoms with Crippen molar-refractivity contribution in [1.82, 2.24) is 8.68 Å². The lowest BCUT2D eigenvalue weighted by Gasteiger charge is -2.22. The van der Waals surface area contributed by atoms with Gasteiger partial charge in [0.05, 0.1) is 7.11 Å². The van der Waals surface area contributed by atoms with Gasteiger partial charge in [-0.3, -0.25) is 0 Å². The molecule has 1 aromatic rings. The van der Waals surface area contributed by atoms with Gasteiger partial charge in [-0.05, 0) is 29.9 Å². The van der Waals surface area contributed by atoms with E-state index in [0.29, 0.717) is 26.1 Å². The van der Waals surface area contributed by atoms with Gasteiger partial charge in [0.15, 0.2) is 5.69 Å². The average molecular weight is 356 g/mol. The summed E-state index contributed by atoms with van der Waals surface area (Å²) in [5.41, 5.74) is 5.31. The van der Waals surface area contributed by atoms with Gasteiger partial charge in [-0.2, -0.15) is 8.68 Å². The van der Waals surface area contributed by atoms with E-state index in [0.717, 1.165) is 11.5 Å². The van der Waals surface area contributed by atoms with E-state index in [1.54, 1.807) is 0 Å². The first-order chi connectivity index (χ1) is 9.34. The van der Waals surface area contributed by atoms with Crippen LogP contribution in [0, 0.1) is 5.41 Å². The van der Waals surface area contributed by atoms with E-state index in [9.17, 15) is 13.2 Å². The third kappa shape index (κ3) is 3.37. The van der Waals surface area contributed by atoms with Crippen molar-refractivity contribution in [3.63, 3.8) is 0 Å². The Balaban J connectivity index is 0.00000220. The molecule has 0 saturated carbocycles. The van der Waals surface area contributed by atoms with E-state index in [1.165, 1.54) is 16.8 Å². The van der Waals surface area contributed by atoms with Crippen LogP contribution in [0.15, 0.2) is 10.3 Å². The predicted octanol–water partition coefficient (Wildman–Crippen LogP) is 0.711. The van der Waals surface area contributed by atoms with E-state index in [2.05, 4.69) is 9.11 Å².